The van der Waals surface area contributed by atoms with E-state index in [0.29, 0.717) is 23.1 Å². The van der Waals surface area contributed by atoms with E-state index in [0.717, 1.165) is 0 Å². The van der Waals surface area contributed by atoms with Gasteiger partial charge in [0, 0.05) is 17.3 Å². The number of nitrogens with zero attached hydrogens (tertiary/aromatic N) is 2. The number of fused-ring (bicyclic) bond motifs is 1. The molecule has 0 saturated carbocycles. The van der Waals surface area contributed by atoms with Crippen LogP contribution in [0.3, 0.4) is 0 Å². The van der Waals surface area contributed by atoms with E-state index in [1.807, 2.05) is 0 Å². The Labute approximate surface area is 118 Å². The first-order valence-electron chi connectivity index (χ1n) is 5.79. The molecule has 2 N–H and O–H groups in total. The van der Waals surface area contributed by atoms with Gasteiger partial charge in [0.25, 0.3) is 0 Å². The summed E-state index contributed by atoms with van der Waals surface area (Å²) in [6.45, 7) is 0. The van der Waals surface area contributed by atoms with Gasteiger partial charge < -0.3 is 5.73 Å². The highest BCUT2D eigenvalue weighted by Crippen LogP contribution is 2.30. The summed E-state index contributed by atoms with van der Waals surface area (Å²) in [5, 5.41) is 0.0348. The number of anilines is 1. The molecule has 0 saturated heterocycles. The topological polar surface area (TPSA) is 60.4 Å². The average molecular weight is 290 g/mol. The van der Waals surface area contributed by atoms with Crippen molar-refractivity contribution in [3.8, 4) is 11.1 Å². The summed E-state index contributed by atoms with van der Waals surface area (Å²) >= 11 is 5.96. The molecular formula is C14H9ClFN3O. The number of aromatic nitrogens is 2. The van der Waals surface area contributed by atoms with E-state index in [-0.39, 0.29) is 16.5 Å². The number of pyridine rings is 1. The molecule has 3 rings (SSSR count). The number of nitrogen functional groups attached to an aromatic ring is 1. The Hall–Kier alpha value is -2.40. The summed E-state index contributed by atoms with van der Waals surface area (Å²) in [4.78, 5) is 15.1. The minimum atomic E-state index is -0.495. The number of benzene rings is 1. The number of hydrogen-bond acceptors (Lipinski definition) is 3. The smallest absolute Gasteiger partial charge is 0.170 e. The van der Waals surface area contributed by atoms with Crippen LogP contribution < -0.4 is 5.73 Å². The van der Waals surface area contributed by atoms with Crippen LogP contribution >= 0.6 is 11.6 Å². The lowest BCUT2D eigenvalue weighted by Gasteiger charge is -2.06. The maximum absolute atomic E-state index is 13.5. The molecule has 6 heteroatoms. The van der Waals surface area contributed by atoms with E-state index in [1.165, 1.54) is 6.07 Å². The molecule has 0 aliphatic rings. The Morgan fingerprint density at radius 2 is 2.10 bits per heavy atom. The molecule has 1 aromatic carbocycles. The summed E-state index contributed by atoms with van der Waals surface area (Å²) in [5.41, 5.74) is 7.67. The number of rotatable bonds is 2. The molecule has 0 bridgehead atoms. The van der Waals surface area contributed by atoms with Crippen molar-refractivity contribution in [2.24, 2.45) is 0 Å². The third-order valence-electron chi connectivity index (χ3n) is 3.06. The van der Waals surface area contributed by atoms with Crippen molar-refractivity contribution >= 4 is 29.4 Å². The normalized spacial score (nSPS) is 10.9. The molecule has 2 heterocycles. The summed E-state index contributed by atoms with van der Waals surface area (Å²) in [6, 6.07) is 8.00. The Bertz CT molecular complexity index is 829. The molecule has 0 aliphatic carbocycles. The van der Waals surface area contributed by atoms with E-state index in [4.69, 9.17) is 17.3 Å². The van der Waals surface area contributed by atoms with Crippen molar-refractivity contribution in [2.75, 3.05) is 5.73 Å². The van der Waals surface area contributed by atoms with E-state index in [9.17, 15) is 9.18 Å². The third-order valence-corrected chi connectivity index (χ3v) is 3.44. The lowest BCUT2D eigenvalue weighted by molar-refractivity contribution is 0.111. The predicted octanol–water partition coefficient (Wildman–Crippen LogP) is 3.19. The second-order valence-corrected chi connectivity index (χ2v) is 4.63. The largest absolute Gasteiger partial charge is 0.382 e. The Balaban J connectivity index is 2.27. The van der Waals surface area contributed by atoms with Crippen LogP contribution in [0.2, 0.25) is 5.02 Å². The van der Waals surface area contributed by atoms with E-state index in [1.54, 1.807) is 34.9 Å². The number of carbonyl (C=O) groups excluding carboxylic acids is 1. The second-order valence-electron chi connectivity index (χ2n) is 4.25. The molecule has 100 valence electrons. The van der Waals surface area contributed by atoms with Crippen LogP contribution in [0.1, 0.15) is 10.5 Å². The van der Waals surface area contributed by atoms with Gasteiger partial charge in [-0.1, -0.05) is 23.7 Å². The summed E-state index contributed by atoms with van der Waals surface area (Å²) in [6.07, 6.45) is 2.29. The van der Waals surface area contributed by atoms with Crippen molar-refractivity contribution in [3.05, 3.63) is 53.1 Å². The van der Waals surface area contributed by atoms with Gasteiger partial charge >= 0.3 is 0 Å². The fourth-order valence-electron chi connectivity index (χ4n) is 2.08. The fraction of sp³-hybridized carbons (Fsp3) is 0. The highest BCUT2D eigenvalue weighted by Gasteiger charge is 2.12. The molecular weight excluding hydrogens is 281 g/mol. The van der Waals surface area contributed by atoms with Crippen LogP contribution in [0.4, 0.5) is 10.2 Å². The minimum absolute atomic E-state index is 0.0348. The van der Waals surface area contributed by atoms with E-state index in [2.05, 4.69) is 4.98 Å². The molecule has 2 aromatic heterocycles. The first kappa shape index (κ1) is 12.6. The van der Waals surface area contributed by atoms with Crippen LogP contribution in [0.15, 0.2) is 36.5 Å². The molecule has 0 spiro atoms. The van der Waals surface area contributed by atoms with Crippen LogP contribution in [0.5, 0.6) is 0 Å². The molecule has 20 heavy (non-hydrogen) atoms. The molecule has 0 atom stereocenters. The van der Waals surface area contributed by atoms with Crippen LogP contribution in [0, 0.1) is 5.82 Å². The van der Waals surface area contributed by atoms with Crippen molar-refractivity contribution in [2.45, 2.75) is 0 Å². The zero-order valence-electron chi connectivity index (χ0n) is 10.2. The van der Waals surface area contributed by atoms with Crippen molar-refractivity contribution in [1.29, 1.82) is 0 Å². The van der Waals surface area contributed by atoms with Gasteiger partial charge in [0.1, 0.15) is 17.2 Å². The van der Waals surface area contributed by atoms with Gasteiger partial charge in [0.2, 0.25) is 0 Å². The van der Waals surface area contributed by atoms with E-state index < -0.39 is 5.82 Å². The van der Waals surface area contributed by atoms with Gasteiger partial charge in [-0.15, -0.1) is 0 Å². The number of hydrogen-bond donors (Lipinski definition) is 1. The Kier molecular flexibility index (Phi) is 2.91. The highest BCUT2D eigenvalue weighted by molar-refractivity contribution is 6.33. The van der Waals surface area contributed by atoms with Gasteiger partial charge in [-0.3, -0.25) is 9.20 Å². The zero-order chi connectivity index (χ0) is 14.3. The van der Waals surface area contributed by atoms with Gasteiger partial charge in [0.05, 0.1) is 5.02 Å². The SMILES string of the molecule is Nc1nc2ccc(-c3cccc(F)c3Cl)cn2c1C=O. The molecule has 0 fully saturated rings. The van der Waals surface area contributed by atoms with Gasteiger partial charge in [-0.25, -0.2) is 9.37 Å². The molecule has 0 radical (unpaired) electrons. The fourth-order valence-corrected chi connectivity index (χ4v) is 2.32. The number of imidazole rings is 1. The van der Waals surface area contributed by atoms with Gasteiger partial charge in [0.15, 0.2) is 12.1 Å². The first-order valence-corrected chi connectivity index (χ1v) is 6.16. The Morgan fingerprint density at radius 3 is 2.85 bits per heavy atom. The van der Waals surface area contributed by atoms with Crippen molar-refractivity contribution in [3.63, 3.8) is 0 Å². The van der Waals surface area contributed by atoms with Crippen LogP contribution in [-0.2, 0) is 0 Å². The number of halogens is 2. The first-order chi connectivity index (χ1) is 9.61. The molecule has 3 aromatic rings. The lowest BCUT2D eigenvalue weighted by atomic mass is 10.1. The third kappa shape index (κ3) is 1.83. The molecule has 0 aliphatic heterocycles. The standard InChI is InChI=1S/C14H9ClFN3O/c15-13-9(2-1-3-10(13)16)8-4-5-12-18-14(17)11(7-20)19(12)6-8/h1-7H,17H2. The summed E-state index contributed by atoms with van der Waals surface area (Å²) in [7, 11) is 0. The molecule has 0 unspecified atom stereocenters. The number of aldehydes is 1. The highest BCUT2D eigenvalue weighted by atomic mass is 35.5. The second kappa shape index (κ2) is 4.61. The van der Waals surface area contributed by atoms with Gasteiger partial charge in [-0.05, 0) is 18.2 Å². The Morgan fingerprint density at radius 1 is 1.30 bits per heavy atom. The number of carbonyl (C=O) groups is 1. The quantitative estimate of drug-likeness (QED) is 0.737. The predicted molar refractivity (Wildman–Crippen MR) is 75.4 cm³/mol. The lowest BCUT2D eigenvalue weighted by Crippen LogP contribution is -1.95. The number of nitrogens with two attached hydrogens (primary N) is 1. The van der Waals surface area contributed by atoms with Crippen molar-refractivity contribution in [1.82, 2.24) is 9.38 Å². The maximum Gasteiger partial charge on any atom is 0.170 e. The molecule has 0 amide bonds. The van der Waals surface area contributed by atoms with Crippen LogP contribution in [-0.4, -0.2) is 15.7 Å². The zero-order valence-corrected chi connectivity index (χ0v) is 10.9. The van der Waals surface area contributed by atoms with Crippen molar-refractivity contribution < 1.29 is 9.18 Å². The molecule has 4 nitrogen and oxygen atoms in total. The monoisotopic (exact) mass is 289 g/mol. The summed E-state index contributed by atoms with van der Waals surface area (Å²) < 4.78 is 15.1. The van der Waals surface area contributed by atoms with Crippen LogP contribution in [0.25, 0.3) is 16.8 Å². The maximum atomic E-state index is 13.5. The van der Waals surface area contributed by atoms with Gasteiger partial charge in [-0.2, -0.15) is 0 Å². The average Bonchev–Trinajstić information content (AvgIpc) is 2.76. The minimum Gasteiger partial charge on any atom is -0.382 e. The summed E-state index contributed by atoms with van der Waals surface area (Å²) in [5.74, 6) is -0.340. The van der Waals surface area contributed by atoms with E-state index >= 15 is 0 Å².